The van der Waals surface area contributed by atoms with E-state index in [0.717, 1.165) is 25.8 Å². The number of hydrogen-bond acceptors (Lipinski definition) is 6. The van der Waals surface area contributed by atoms with E-state index in [0.29, 0.717) is 22.9 Å². The number of rotatable bonds is 5. The van der Waals surface area contributed by atoms with Crippen molar-refractivity contribution in [3.63, 3.8) is 0 Å². The van der Waals surface area contributed by atoms with Gasteiger partial charge in [-0.05, 0) is 35.6 Å². The van der Waals surface area contributed by atoms with Gasteiger partial charge in [0.25, 0.3) is 0 Å². The molecule has 0 radical (unpaired) electrons. The van der Waals surface area contributed by atoms with Crippen LogP contribution in [-0.4, -0.2) is 61.1 Å². The van der Waals surface area contributed by atoms with Crippen molar-refractivity contribution in [3.8, 4) is 0 Å². The molecule has 1 aromatic heterocycles. The van der Waals surface area contributed by atoms with Crippen molar-refractivity contribution in [2.75, 3.05) is 18.9 Å². The Labute approximate surface area is 121 Å². The highest BCUT2D eigenvalue weighted by atomic mass is 32.2. The van der Waals surface area contributed by atoms with Gasteiger partial charge in [-0.1, -0.05) is 18.7 Å². The first kappa shape index (κ1) is 13.8. The Morgan fingerprint density at radius 1 is 1.45 bits per heavy atom. The summed E-state index contributed by atoms with van der Waals surface area (Å²) >= 11 is 1.38. The monoisotopic (exact) mass is 297 g/mol. The minimum atomic E-state index is -0.0393. The Bertz CT molecular complexity index is 490. The molecule has 1 aromatic rings. The van der Waals surface area contributed by atoms with Gasteiger partial charge in [0.1, 0.15) is 0 Å². The Hall–Kier alpha value is -1.15. The molecule has 2 unspecified atom stereocenters. The van der Waals surface area contributed by atoms with Crippen molar-refractivity contribution in [1.29, 1.82) is 0 Å². The van der Waals surface area contributed by atoms with Crippen molar-refractivity contribution >= 4 is 17.7 Å². The van der Waals surface area contributed by atoms with Crippen LogP contribution in [0.5, 0.6) is 0 Å². The highest BCUT2D eigenvalue weighted by Crippen LogP contribution is 2.36. The molecule has 1 saturated heterocycles. The zero-order valence-electron chi connectivity index (χ0n) is 11.5. The summed E-state index contributed by atoms with van der Waals surface area (Å²) in [4.78, 5) is 14.1. The summed E-state index contributed by atoms with van der Waals surface area (Å²) in [6.45, 7) is 2.85. The third-order valence-corrected chi connectivity index (χ3v) is 4.99. The van der Waals surface area contributed by atoms with Crippen LogP contribution in [0, 0.1) is 5.92 Å². The number of aliphatic hydroxyl groups is 1. The zero-order chi connectivity index (χ0) is 14.1. The summed E-state index contributed by atoms with van der Waals surface area (Å²) in [7, 11) is 0. The number of amides is 1. The van der Waals surface area contributed by atoms with Gasteiger partial charge in [-0.2, -0.15) is 0 Å². The van der Waals surface area contributed by atoms with Crippen molar-refractivity contribution in [1.82, 2.24) is 25.1 Å². The average Bonchev–Trinajstić information content (AvgIpc) is 3.06. The van der Waals surface area contributed by atoms with E-state index in [1.165, 1.54) is 11.8 Å². The number of thioether (sulfide) groups is 1. The molecule has 2 aliphatic rings. The minimum Gasteiger partial charge on any atom is -0.394 e. The second kappa shape index (κ2) is 5.69. The van der Waals surface area contributed by atoms with Crippen molar-refractivity contribution in [2.45, 2.75) is 43.4 Å². The first-order chi connectivity index (χ1) is 9.70. The van der Waals surface area contributed by atoms with E-state index in [9.17, 15) is 9.90 Å². The summed E-state index contributed by atoms with van der Waals surface area (Å²) < 4.78 is 1.81. The number of carbonyl (C=O) groups is 1. The SMILES string of the molecule is CC1CCN(C(=O)CSc2nnnn2C2CC2)C1CO. The molecule has 20 heavy (non-hydrogen) atoms. The molecule has 1 amide bonds. The van der Waals surface area contributed by atoms with Crippen molar-refractivity contribution in [3.05, 3.63) is 0 Å². The number of tetrazole rings is 1. The number of likely N-dealkylation sites (tertiary alicyclic amines) is 1. The van der Waals surface area contributed by atoms with Gasteiger partial charge in [0.2, 0.25) is 11.1 Å². The molecule has 2 heterocycles. The average molecular weight is 297 g/mol. The maximum atomic E-state index is 12.3. The molecule has 3 rings (SSSR count). The standard InChI is InChI=1S/C12H19N5O2S/c1-8-4-5-16(10(8)6-18)11(19)7-20-12-13-14-15-17(12)9-2-3-9/h8-10,18H,2-7H2,1H3. The van der Waals surface area contributed by atoms with E-state index >= 15 is 0 Å². The molecular weight excluding hydrogens is 278 g/mol. The number of carbonyl (C=O) groups excluding carboxylic acids is 1. The molecule has 7 nitrogen and oxygen atoms in total. The zero-order valence-corrected chi connectivity index (χ0v) is 12.3. The Balaban J connectivity index is 1.58. The fourth-order valence-corrected chi connectivity index (χ4v) is 3.46. The molecule has 1 N–H and O–H groups in total. The van der Waals surface area contributed by atoms with Gasteiger partial charge < -0.3 is 10.0 Å². The maximum Gasteiger partial charge on any atom is 0.233 e. The van der Waals surface area contributed by atoms with E-state index in [4.69, 9.17) is 0 Å². The lowest BCUT2D eigenvalue weighted by Gasteiger charge is -2.24. The van der Waals surface area contributed by atoms with Crippen LogP contribution in [0.15, 0.2) is 5.16 Å². The van der Waals surface area contributed by atoms with Gasteiger partial charge in [-0.15, -0.1) is 5.10 Å². The molecule has 2 atom stereocenters. The normalized spacial score (nSPS) is 26.2. The molecule has 0 spiro atoms. The van der Waals surface area contributed by atoms with Gasteiger partial charge in [0.05, 0.1) is 24.4 Å². The molecule has 1 saturated carbocycles. The summed E-state index contributed by atoms with van der Waals surface area (Å²) in [5.74, 6) is 0.755. The van der Waals surface area contributed by atoms with E-state index in [2.05, 4.69) is 22.4 Å². The van der Waals surface area contributed by atoms with E-state index in [1.54, 1.807) is 4.90 Å². The maximum absolute atomic E-state index is 12.3. The topological polar surface area (TPSA) is 84.1 Å². The second-order valence-corrected chi connectivity index (χ2v) is 6.47. The predicted molar refractivity (Wildman–Crippen MR) is 73.2 cm³/mol. The van der Waals surface area contributed by atoms with Crippen LogP contribution in [0.4, 0.5) is 0 Å². The highest BCUT2D eigenvalue weighted by molar-refractivity contribution is 7.99. The highest BCUT2D eigenvalue weighted by Gasteiger charge is 2.34. The van der Waals surface area contributed by atoms with Crippen LogP contribution in [0.1, 0.15) is 32.2 Å². The van der Waals surface area contributed by atoms with Gasteiger partial charge in [-0.3, -0.25) is 4.79 Å². The Kier molecular flexibility index (Phi) is 3.93. The van der Waals surface area contributed by atoms with E-state index in [1.807, 2.05) is 4.68 Å². The minimum absolute atomic E-state index is 0.0391. The number of aliphatic hydroxyl groups excluding tert-OH is 1. The second-order valence-electron chi connectivity index (χ2n) is 5.53. The van der Waals surface area contributed by atoms with Crippen molar-refractivity contribution in [2.24, 2.45) is 5.92 Å². The molecule has 2 fully saturated rings. The van der Waals surface area contributed by atoms with Crippen LogP contribution in [0.2, 0.25) is 0 Å². The largest absolute Gasteiger partial charge is 0.394 e. The Morgan fingerprint density at radius 2 is 2.25 bits per heavy atom. The summed E-state index contributed by atoms with van der Waals surface area (Å²) in [5, 5.41) is 21.7. The number of hydrogen-bond donors (Lipinski definition) is 1. The fourth-order valence-electron chi connectivity index (χ4n) is 2.63. The summed E-state index contributed by atoms with van der Waals surface area (Å²) in [6, 6.07) is 0.377. The predicted octanol–water partition coefficient (Wildman–Crippen LogP) is 0.329. The van der Waals surface area contributed by atoms with Crippen LogP contribution < -0.4 is 0 Å². The van der Waals surface area contributed by atoms with E-state index in [-0.39, 0.29) is 18.6 Å². The molecule has 1 aliphatic heterocycles. The molecule has 110 valence electrons. The lowest BCUT2D eigenvalue weighted by Crippen LogP contribution is -2.40. The first-order valence-electron chi connectivity index (χ1n) is 7.01. The summed E-state index contributed by atoms with van der Waals surface area (Å²) in [6.07, 6.45) is 3.19. The van der Waals surface area contributed by atoms with Gasteiger partial charge in [0.15, 0.2) is 0 Å². The number of nitrogens with zero attached hydrogens (tertiary/aromatic N) is 5. The summed E-state index contributed by atoms with van der Waals surface area (Å²) in [5.41, 5.74) is 0. The lowest BCUT2D eigenvalue weighted by molar-refractivity contribution is -0.130. The first-order valence-corrected chi connectivity index (χ1v) is 8.00. The Morgan fingerprint density at radius 3 is 2.95 bits per heavy atom. The lowest BCUT2D eigenvalue weighted by atomic mass is 10.0. The molecule has 0 bridgehead atoms. The van der Waals surface area contributed by atoms with Crippen LogP contribution >= 0.6 is 11.8 Å². The van der Waals surface area contributed by atoms with Crippen LogP contribution in [0.25, 0.3) is 0 Å². The molecule has 0 aromatic carbocycles. The van der Waals surface area contributed by atoms with Crippen molar-refractivity contribution < 1.29 is 9.90 Å². The van der Waals surface area contributed by atoms with Gasteiger partial charge in [0, 0.05) is 6.54 Å². The third-order valence-electron chi connectivity index (χ3n) is 4.07. The fraction of sp³-hybridized carbons (Fsp3) is 0.833. The quantitative estimate of drug-likeness (QED) is 0.789. The van der Waals surface area contributed by atoms with Crippen LogP contribution in [0.3, 0.4) is 0 Å². The number of aromatic nitrogens is 4. The molecule has 1 aliphatic carbocycles. The third kappa shape index (κ3) is 2.67. The van der Waals surface area contributed by atoms with E-state index < -0.39 is 0 Å². The molecular formula is C12H19N5O2S. The van der Waals surface area contributed by atoms with Gasteiger partial charge in [-0.25, -0.2) is 4.68 Å². The smallest absolute Gasteiger partial charge is 0.233 e. The van der Waals surface area contributed by atoms with Gasteiger partial charge >= 0.3 is 0 Å². The molecule has 8 heteroatoms. The van der Waals surface area contributed by atoms with Crippen LogP contribution in [-0.2, 0) is 4.79 Å².